The molecule has 1 unspecified atom stereocenters. The lowest BCUT2D eigenvalue weighted by molar-refractivity contribution is 0.435. The highest BCUT2D eigenvalue weighted by Gasteiger charge is 2.27. The summed E-state index contributed by atoms with van der Waals surface area (Å²) in [5.74, 6) is -0.0326. The van der Waals surface area contributed by atoms with Gasteiger partial charge in [-0.25, -0.2) is 13.0 Å². The van der Waals surface area contributed by atoms with E-state index in [-0.39, 0.29) is 29.0 Å². The van der Waals surface area contributed by atoms with E-state index in [2.05, 4.69) is 4.99 Å². The molecule has 1 fully saturated rings. The molecule has 0 bridgehead atoms. The number of aromatic nitrogens is 1. The van der Waals surface area contributed by atoms with Crippen molar-refractivity contribution in [1.82, 2.24) is 4.57 Å². The van der Waals surface area contributed by atoms with E-state index < -0.39 is 9.84 Å². The smallest absolute Gasteiger partial charge is 0.265 e. The quantitative estimate of drug-likeness (QED) is 0.618. The van der Waals surface area contributed by atoms with Gasteiger partial charge in [-0.1, -0.05) is 50.2 Å². The highest BCUT2D eigenvalue weighted by Crippen LogP contribution is 2.30. The third-order valence-corrected chi connectivity index (χ3v) is 7.67. The van der Waals surface area contributed by atoms with E-state index in [0.29, 0.717) is 41.3 Å². The SMILES string of the molecule is CCc1cccc(CC)c1-n1c(O)c(C=NC2CCS(=O)(=O)C2)c2ccccc2c1=O. The van der Waals surface area contributed by atoms with Crippen LogP contribution in [0, 0.1) is 0 Å². The first-order chi connectivity index (χ1) is 14.9. The molecular weight excluding hydrogens is 412 g/mol. The summed E-state index contributed by atoms with van der Waals surface area (Å²) in [6.45, 7) is 4.04. The largest absolute Gasteiger partial charge is 0.494 e. The standard InChI is InChI=1S/C24H26N2O4S/c1-3-16-8-7-9-17(4-2)22(16)26-23(27)20-11-6-5-10-19(20)21(24(26)28)14-25-18-12-13-31(29,30)15-18/h5-11,14,18,28H,3-4,12-13,15H2,1-2H3. The van der Waals surface area contributed by atoms with Crippen LogP contribution in [0.25, 0.3) is 16.5 Å². The third kappa shape index (κ3) is 3.90. The fourth-order valence-corrected chi connectivity index (χ4v) is 5.91. The molecule has 1 aliphatic rings. The monoisotopic (exact) mass is 438 g/mol. The van der Waals surface area contributed by atoms with Gasteiger partial charge in [0.15, 0.2) is 9.84 Å². The summed E-state index contributed by atoms with van der Waals surface area (Å²) in [4.78, 5) is 17.9. The van der Waals surface area contributed by atoms with Gasteiger partial charge in [-0.2, -0.15) is 0 Å². The van der Waals surface area contributed by atoms with Crippen LogP contribution >= 0.6 is 0 Å². The molecule has 2 heterocycles. The molecule has 7 heteroatoms. The first-order valence-corrected chi connectivity index (χ1v) is 12.4. The number of hydrogen-bond donors (Lipinski definition) is 1. The van der Waals surface area contributed by atoms with Crippen molar-refractivity contribution in [2.24, 2.45) is 4.99 Å². The molecule has 2 aromatic carbocycles. The van der Waals surface area contributed by atoms with Crippen LogP contribution in [0.4, 0.5) is 0 Å². The summed E-state index contributed by atoms with van der Waals surface area (Å²) < 4.78 is 25.0. The van der Waals surface area contributed by atoms with E-state index in [1.165, 1.54) is 10.8 Å². The van der Waals surface area contributed by atoms with Crippen LogP contribution in [0.1, 0.15) is 37.0 Å². The van der Waals surface area contributed by atoms with Crippen LogP contribution < -0.4 is 5.56 Å². The molecule has 4 rings (SSSR count). The Morgan fingerprint density at radius 1 is 1.06 bits per heavy atom. The molecule has 1 atom stereocenters. The average Bonchev–Trinajstić information content (AvgIpc) is 3.12. The number of hydrogen-bond acceptors (Lipinski definition) is 5. The van der Waals surface area contributed by atoms with E-state index in [1.807, 2.05) is 32.0 Å². The molecule has 1 saturated heterocycles. The van der Waals surface area contributed by atoms with Crippen LogP contribution in [0.5, 0.6) is 5.88 Å². The zero-order chi connectivity index (χ0) is 22.2. The van der Waals surface area contributed by atoms with Gasteiger partial charge < -0.3 is 5.11 Å². The summed E-state index contributed by atoms with van der Waals surface area (Å²) in [6, 6.07) is 12.7. The lowest BCUT2D eigenvalue weighted by atomic mass is 10.0. The van der Waals surface area contributed by atoms with Gasteiger partial charge in [0.2, 0.25) is 5.88 Å². The third-order valence-electron chi connectivity index (χ3n) is 5.91. The maximum Gasteiger partial charge on any atom is 0.265 e. The maximum absolute atomic E-state index is 13.5. The molecule has 0 aliphatic carbocycles. The summed E-state index contributed by atoms with van der Waals surface area (Å²) in [5.41, 5.74) is 2.78. The van der Waals surface area contributed by atoms with Crippen molar-refractivity contribution >= 4 is 26.8 Å². The molecular formula is C24H26N2O4S. The van der Waals surface area contributed by atoms with Crippen LogP contribution in [0.15, 0.2) is 52.3 Å². The number of sulfone groups is 1. The number of para-hydroxylation sites is 1. The molecule has 0 saturated carbocycles. The number of aryl methyl sites for hydroxylation is 2. The zero-order valence-corrected chi connectivity index (χ0v) is 18.5. The highest BCUT2D eigenvalue weighted by molar-refractivity contribution is 7.91. The Morgan fingerprint density at radius 3 is 2.29 bits per heavy atom. The van der Waals surface area contributed by atoms with E-state index in [9.17, 15) is 18.3 Å². The van der Waals surface area contributed by atoms with Crippen molar-refractivity contribution in [2.45, 2.75) is 39.2 Å². The van der Waals surface area contributed by atoms with Crippen molar-refractivity contribution in [3.8, 4) is 11.6 Å². The molecule has 31 heavy (non-hydrogen) atoms. The van der Waals surface area contributed by atoms with E-state index in [4.69, 9.17) is 0 Å². The van der Waals surface area contributed by atoms with Gasteiger partial charge in [-0.15, -0.1) is 0 Å². The van der Waals surface area contributed by atoms with Crippen LogP contribution in [0.2, 0.25) is 0 Å². The molecule has 6 nitrogen and oxygen atoms in total. The van der Waals surface area contributed by atoms with Crippen molar-refractivity contribution in [3.05, 3.63) is 69.5 Å². The van der Waals surface area contributed by atoms with Gasteiger partial charge in [0.05, 0.1) is 28.8 Å². The molecule has 0 spiro atoms. The van der Waals surface area contributed by atoms with Crippen molar-refractivity contribution in [3.63, 3.8) is 0 Å². The maximum atomic E-state index is 13.5. The van der Waals surface area contributed by atoms with Gasteiger partial charge in [-0.05, 0) is 36.5 Å². The summed E-state index contributed by atoms with van der Waals surface area (Å²) in [7, 11) is -3.06. The minimum Gasteiger partial charge on any atom is -0.494 e. The molecule has 162 valence electrons. The van der Waals surface area contributed by atoms with Crippen LogP contribution in [-0.2, 0) is 22.7 Å². The Labute approximate surface area is 181 Å². The Balaban J connectivity index is 1.98. The second-order valence-electron chi connectivity index (χ2n) is 7.89. The minimum atomic E-state index is -3.06. The van der Waals surface area contributed by atoms with Gasteiger partial charge in [0.25, 0.3) is 5.56 Å². The van der Waals surface area contributed by atoms with Gasteiger partial charge in [0.1, 0.15) is 0 Å². The number of nitrogens with zero attached hydrogens (tertiary/aromatic N) is 2. The number of benzene rings is 2. The fourth-order valence-electron chi connectivity index (χ4n) is 4.27. The fraction of sp³-hybridized carbons (Fsp3) is 0.333. The van der Waals surface area contributed by atoms with E-state index in [0.717, 1.165) is 11.1 Å². The summed E-state index contributed by atoms with van der Waals surface area (Å²) >= 11 is 0. The molecule has 1 N–H and O–H groups in total. The predicted molar refractivity (Wildman–Crippen MR) is 125 cm³/mol. The van der Waals surface area contributed by atoms with Crippen LogP contribution in [0.3, 0.4) is 0 Å². The van der Waals surface area contributed by atoms with Gasteiger partial charge in [-0.3, -0.25) is 9.79 Å². The lowest BCUT2D eigenvalue weighted by Crippen LogP contribution is -2.22. The first kappa shape index (κ1) is 21.3. The number of aliphatic imine (C=N–C) groups is 1. The van der Waals surface area contributed by atoms with E-state index >= 15 is 0 Å². The molecule has 0 amide bonds. The van der Waals surface area contributed by atoms with Gasteiger partial charge >= 0.3 is 0 Å². The molecule has 1 aromatic heterocycles. The predicted octanol–water partition coefficient (Wildman–Crippen LogP) is 3.43. The first-order valence-electron chi connectivity index (χ1n) is 10.6. The highest BCUT2D eigenvalue weighted by atomic mass is 32.2. The number of aromatic hydroxyl groups is 1. The summed E-state index contributed by atoms with van der Waals surface area (Å²) in [5, 5.41) is 12.4. The van der Waals surface area contributed by atoms with E-state index in [1.54, 1.807) is 24.3 Å². The van der Waals surface area contributed by atoms with Crippen molar-refractivity contribution < 1.29 is 13.5 Å². The molecule has 3 aromatic rings. The van der Waals surface area contributed by atoms with Crippen LogP contribution in [-0.4, -0.2) is 41.9 Å². The topological polar surface area (TPSA) is 88.7 Å². The number of pyridine rings is 1. The Kier molecular flexibility index (Phi) is 5.71. The second kappa shape index (κ2) is 8.30. The second-order valence-corrected chi connectivity index (χ2v) is 10.1. The normalized spacial score (nSPS) is 18.2. The Bertz CT molecular complexity index is 1320. The summed E-state index contributed by atoms with van der Waals surface area (Å²) in [6.07, 6.45) is 3.42. The van der Waals surface area contributed by atoms with Crippen molar-refractivity contribution in [1.29, 1.82) is 0 Å². The minimum absolute atomic E-state index is 0.0144. The lowest BCUT2D eigenvalue weighted by Gasteiger charge is -2.19. The zero-order valence-electron chi connectivity index (χ0n) is 17.7. The number of fused-ring (bicyclic) bond motifs is 1. The number of rotatable bonds is 5. The molecule has 0 radical (unpaired) electrons. The van der Waals surface area contributed by atoms with Gasteiger partial charge in [0, 0.05) is 17.0 Å². The Hall–Kier alpha value is -2.93. The van der Waals surface area contributed by atoms with Crippen molar-refractivity contribution in [2.75, 3.05) is 11.5 Å². The average molecular weight is 439 g/mol. The molecule has 1 aliphatic heterocycles. The Morgan fingerprint density at radius 2 is 1.71 bits per heavy atom.